The zero-order chi connectivity index (χ0) is 19.2. The number of ketones is 1. The summed E-state index contributed by atoms with van der Waals surface area (Å²) in [7, 11) is 0. The number of nitrogens with zero attached hydrogens (tertiary/aromatic N) is 1. The van der Waals surface area contributed by atoms with Gasteiger partial charge in [0.25, 0.3) is 5.91 Å². The van der Waals surface area contributed by atoms with E-state index in [1.165, 1.54) is 0 Å². The van der Waals surface area contributed by atoms with Crippen molar-refractivity contribution in [3.63, 3.8) is 0 Å². The van der Waals surface area contributed by atoms with E-state index in [4.69, 9.17) is 9.26 Å². The van der Waals surface area contributed by atoms with Crippen molar-refractivity contribution in [2.75, 3.05) is 11.9 Å². The molecule has 0 saturated heterocycles. The van der Waals surface area contributed by atoms with Crippen molar-refractivity contribution in [1.82, 2.24) is 5.16 Å². The lowest BCUT2D eigenvalue weighted by Gasteiger charge is -2.28. The minimum Gasteiger partial charge on any atom is -0.455 e. The zero-order valence-corrected chi connectivity index (χ0v) is 15.1. The highest BCUT2D eigenvalue weighted by Crippen LogP contribution is 2.33. The first-order chi connectivity index (χ1) is 13.0. The number of hydrogen-bond donors (Lipinski definition) is 1. The molecule has 1 heterocycles. The first-order valence-electron chi connectivity index (χ1n) is 9.03. The van der Waals surface area contributed by atoms with E-state index in [0.717, 1.165) is 12.8 Å². The minimum atomic E-state index is -0.520. The summed E-state index contributed by atoms with van der Waals surface area (Å²) in [5.41, 5.74) is 0.598. The molecule has 1 fully saturated rings. The van der Waals surface area contributed by atoms with Crippen LogP contribution in [0.5, 0.6) is 0 Å². The molecule has 0 unspecified atom stereocenters. The fourth-order valence-corrected chi connectivity index (χ4v) is 3.39. The molecule has 0 radical (unpaired) electrons. The van der Waals surface area contributed by atoms with E-state index in [9.17, 15) is 14.4 Å². The van der Waals surface area contributed by atoms with Gasteiger partial charge in [0.05, 0.1) is 5.92 Å². The highest BCUT2D eigenvalue weighted by atomic mass is 16.5. The number of ether oxygens (including phenoxy) is 1. The lowest BCUT2D eigenvalue weighted by molar-refractivity contribution is -0.153. The maximum absolute atomic E-state index is 12.8. The molecule has 0 spiro atoms. The van der Waals surface area contributed by atoms with E-state index in [-0.39, 0.29) is 11.6 Å². The molecule has 0 aliphatic heterocycles. The van der Waals surface area contributed by atoms with E-state index in [1.807, 2.05) is 6.07 Å². The van der Waals surface area contributed by atoms with Crippen molar-refractivity contribution in [1.29, 1.82) is 0 Å². The smallest absolute Gasteiger partial charge is 0.310 e. The van der Waals surface area contributed by atoms with Gasteiger partial charge >= 0.3 is 5.97 Å². The maximum atomic E-state index is 12.8. The average molecular weight is 370 g/mol. The van der Waals surface area contributed by atoms with Crippen LogP contribution in [0.3, 0.4) is 0 Å². The Morgan fingerprint density at radius 2 is 1.85 bits per heavy atom. The number of hydrogen-bond acceptors (Lipinski definition) is 6. The second-order valence-corrected chi connectivity index (χ2v) is 6.71. The molecule has 1 aromatic carbocycles. The molecule has 1 saturated carbocycles. The van der Waals surface area contributed by atoms with Crippen molar-refractivity contribution in [3.05, 3.63) is 47.7 Å². The van der Waals surface area contributed by atoms with Crippen LogP contribution >= 0.6 is 0 Å². The molecular formula is C20H22N2O5. The molecule has 1 N–H and O–H groups in total. The summed E-state index contributed by atoms with van der Waals surface area (Å²) in [6.07, 6.45) is 3.01. The molecule has 1 aromatic heterocycles. The number of carbonyl (C=O) groups excluding carboxylic acids is 3. The van der Waals surface area contributed by atoms with Crippen LogP contribution in [0.1, 0.15) is 41.8 Å². The van der Waals surface area contributed by atoms with Gasteiger partial charge in [0, 0.05) is 17.5 Å². The van der Waals surface area contributed by atoms with E-state index in [0.29, 0.717) is 24.2 Å². The van der Waals surface area contributed by atoms with Crippen molar-refractivity contribution < 1.29 is 23.6 Å². The Balaban J connectivity index is 1.58. The van der Waals surface area contributed by atoms with Gasteiger partial charge in [0.1, 0.15) is 5.76 Å². The molecule has 2 atom stereocenters. The van der Waals surface area contributed by atoms with Crippen LogP contribution in [0.15, 0.2) is 40.9 Å². The number of aryl methyl sites for hydroxylation is 1. The van der Waals surface area contributed by atoms with Crippen LogP contribution in [0, 0.1) is 18.8 Å². The van der Waals surface area contributed by atoms with Crippen LogP contribution in [-0.4, -0.2) is 29.4 Å². The molecule has 7 nitrogen and oxygen atoms in total. The van der Waals surface area contributed by atoms with Crippen molar-refractivity contribution in [2.45, 2.75) is 32.6 Å². The summed E-state index contributed by atoms with van der Waals surface area (Å²) >= 11 is 0. The Hall–Kier alpha value is -2.96. The van der Waals surface area contributed by atoms with E-state index < -0.39 is 30.3 Å². The van der Waals surface area contributed by atoms with Gasteiger partial charge < -0.3 is 14.6 Å². The van der Waals surface area contributed by atoms with Gasteiger partial charge in [-0.1, -0.05) is 48.3 Å². The summed E-state index contributed by atoms with van der Waals surface area (Å²) in [6.45, 7) is 1.28. The second-order valence-electron chi connectivity index (χ2n) is 6.71. The maximum Gasteiger partial charge on any atom is 0.310 e. The topological polar surface area (TPSA) is 98.5 Å². The summed E-state index contributed by atoms with van der Waals surface area (Å²) < 4.78 is 10.0. The number of aromatic nitrogens is 1. The van der Waals surface area contributed by atoms with Gasteiger partial charge in [0.15, 0.2) is 18.2 Å². The Morgan fingerprint density at radius 1 is 1.15 bits per heavy atom. The highest BCUT2D eigenvalue weighted by Gasteiger charge is 2.37. The van der Waals surface area contributed by atoms with Gasteiger partial charge in [-0.05, 0) is 19.8 Å². The first kappa shape index (κ1) is 18.8. The molecule has 3 rings (SSSR count). The zero-order valence-electron chi connectivity index (χ0n) is 15.1. The van der Waals surface area contributed by atoms with Crippen LogP contribution in [0.4, 0.5) is 5.82 Å². The SMILES string of the molecule is Cc1cc(NC(=O)COC(=O)[C@H]2CCCC[C@@H]2C(=O)c2ccccc2)no1. The van der Waals surface area contributed by atoms with Gasteiger partial charge in [-0.3, -0.25) is 14.4 Å². The fourth-order valence-electron chi connectivity index (χ4n) is 3.39. The quantitative estimate of drug-likeness (QED) is 0.619. The van der Waals surface area contributed by atoms with Gasteiger partial charge in [0.2, 0.25) is 0 Å². The molecule has 0 bridgehead atoms. The number of anilines is 1. The minimum absolute atomic E-state index is 0.0419. The predicted molar refractivity (Wildman–Crippen MR) is 97.0 cm³/mol. The third-order valence-corrected chi connectivity index (χ3v) is 4.70. The standard InChI is InChI=1S/C20H22N2O5/c1-13-11-17(22-27-13)21-18(23)12-26-20(25)16-10-6-5-9-15(16)19(24)14-7-3-2-4-8-14/h2-4,7-8,11,15-16H,5-6,9-10,12H2,1H3,(H,21,22,23)/t15-,16-/m0/s1. The number of benzene rings is 1. The summed E-state index contributed by atoms with van der Waals surface area (Å²) in [5, 5.41) is 6.14. The fraction of sp³-hybridized carbons (Fsp3) is 0.400. The molecule has 142 valence electrons. The molecule has 2 aromatic rings. The molecule has 1 amide bonds. The summed E-state index contributed by atoms with van der Waals surface area (Å²) in [6, 6.07) is 10.5. The van der Waals surface area contributed by atoms with Crippen LogP contribution in [-0.2, 0) is 14.3 Å². The average Bonchev–Trinajstić information content (AvgIpc) is 3.10. The Kier molecular flexibility index (Phi) is 6.01. The number of rotatable bonds is 6. The predicted octanol–water partition coefficient (Wildman–Crippen LogP) is 3.15. The normalized spacial score (nSPS) is 19.3. The largest absolute Gasteiger partial charge is 0.455 e. The van der Waals surface area contributed by atoms with Crippen molar-refractivity contribution in [3.8, 4) is 0 Å². The number of nitrogens with one attached hydrogen (secondary N) is 1. The van der Waals surface area contributed by atoms with Crippen LogP contribution in [0.25, 0.3) is 0 Å². The van der Waals surface area contributed by atoms with Crippen molar-refractivity contribution >= 4 is 23.5 Å². The van der Waals surface area contributed by atoms with E-state index in [2.05, 4.69) is 10.5 Å². The number of amides is 1. The number of esters is 1. The Bertz CT molecular complexity index is 815. The molecule has 1 aliphatic carbocycles. The van der Waals surface area contributed by atoms with Gasteiger partial charge in [-0.2, -0.15) is 0 Å². The lowest BCUT2D eigenvalue weighted by atomic mass is 9.75. The van der Waals surface area contributed by atoms with Gasteiger partial charge in [-0.25, -0.2) is 0 Å². The first-order valence-corrected chi connectivity index (χ1v) is 9.03. The second kappa shape index (κ2) is 8.62. The third kappa shape index (κ3) is 4.81. The van der Waals surface area contributed by atoms with E-state index in [1.54, 1.807) is 37.3 Å². The lowest BCUT2D eigenvalue weighted by Crippen LogP contribution is -2.35. The molecular weight excluding hydrogens is 348 g/mol. The Labute approximate surface area is 157 Å². The van der Waals surface area contributed by atoms with Crippen LogP contribution < -0.4 is 5.32 Å². The molecule has 7 heteroatoms. The monoisotopic (exact) mass is 370 g/mol. The molecule has 1 aliphatic rings. The van der Waals surface area contributed by atoms with E-state index >= 15 is 0 Å². The number of Topliss-reactive ketones (excluding diaryl/α,β-unsaturated/α-hetero) is 1. The van der Waals surface area contributed by atoms with Crippen molar-refractivity contribution in [2.24, 2.45) is 11.8 Å². The number of carbonyl (C=O) groups is 3. The third-order valence-electron chi connectivity index (χ3n) is 4.70. The summed E-state index contributed by atoms with van der Waals surface area (Å²) in [5.74, 6) is -1.15. The highest BCUT2D eigenvalue weighted by molar-refractivity contribution is 6.00. The van der Waals surface area contributed by atoms with Gasteiger partial charge in [-0.15, -0.1) is 0 Å². The van der Waals surface area contributed by atoms with Crippen LogP contribution in [0.2, 0.25) is 0 Å². The Morgan fingerprint density at radius 3 is 2.52 bits per heavy atom. The summed E-state index contributed by atoms with van der Waals surface area (Å²) in [4.78, 5) is 37.2. The molecule has 27 heavy (non-hydrogen) atoms.